The number of carbonyl (C=O) groups excluding carboxylic acids is 1. The van der Waals surface area contributed by atoms with Crippen molar-refractivity contribution in [2.75, 3.05) is 12.4 Å². The average Bonchev–Trinajstić information content (AvgIpc) is 2.75. The first kappa shape index (κ1) is 22.0. The number of rotatable bonds is 7. The number of ether oxygens (including phenoxy) is 1. The molecular weight excluding hydrogens is 447 g/mol. The summed E-state index contributed by atoms with van der Waals surface area (Å²) in [5.41, 5.74) is 1.65. The van der Waals surface area contributed by atoms with Crippen LogP contribution >= 0.6 is 35.0 Å². The standard InChI is InChI=1S/C21H16Cl2N2O4S/c1-29-21(26)15-4-2-3-5-18(15)24-12-13-6-9-20(19(10-13)25(27)28)30-14-7-8-16(22)17(23)11-14/h2-11,24H,12H2,1H3. The summed E-state index contributed by atoms with van der Waals surface area (Å²) < 4.78 is 4.78. The van der Waals surface area contributed by atoms with Gasteiger partial charge in [0.1, 0.15) is 0 Å². The van der Waals surface area contributed by atoms with Gasteiger partial charge in [0.2, 0.25) is 0 Å². The van der Waals surface area contributed by atoms with Crippen LogP contribution in [-0.2, 0) is 11.3 Å². The van der Waals surface area contributed by atoms with Crippen molar-refractivity contribution in [3.8, 4) is 0 Å². The van der Waals surface area contributed by atoms with E-state index in [2.05, 4.69) is 5.32 Å². The molecule has 9 heteroatoms. The average molecular weight is 463 g/mol. The Morgan fingerprint density at radius 1 is 1.10 bits per heavy atom. The number of hydrogen-bond acceptors (Lipinski definition) is 6. The number of nitrogens with one attached hydrogen (secondary N) is 1. The zero-order valence-electron chi connectivity index (χ0n) is 15.7. The second-order valence-corrected chi connectivity index (χ2v) is 8.06. The normalized spacial score (nSPS) is 10.5. The van der Waals surface area contributed by atoms with Crippen LogP contribution in [0, 0.1) is 10.1 Å². The van der Waals surface area contributed by atoms with Crippen molar-refractivity contribution in [3.05, 3.63) is 92.0 Å². The topological polar surface area (TPSA) is 81.5 Å². The number of methoxy groups -OCH3 is 1. The van der Waals surface area contributed by atoms with E-state index in [1.807, 2.05) is 0 Å². The van der Waals surface area contributed by atoms with Crippen molar-refractivity contribution in [2.24, 2.45) is 0 Å². The quantitative estimate of drug-likeness (QED) is 0.246. The predicted octanol–water partition coefficient (Wildman–Crippen LogP) is 6.45. The summed E-state index contributed by atoms with van der Waals surface area (Å²) in [5, 5.41) is 15.5. The van der Waals surface area contributed by atoms with E-state index in [0.717, 1.165) is 4.90 Å². The molecular formula is C21H16Cl2N2O4S. The number of hydrogen-bond donors (Lipinski definition) is 1. The van der Waals surface area contributed by atoms with E-state index in [9.17, 15) is 14.9 Å². The summed E-state index contributed by atoms with van der Waals surface area (Å²) >= 11 is 13.2. The van der Waals surface area contributed by atoms with Crippen LogP contribution in [0.5, 0.6) is 0 Å². The zero-order chi connectivity index (χ0) is 21.7. The van der Waals surface area contributed by atoms with E-state index in [1.165, 1.54) is 24.9 Å². The van der Waals surface area contributed by atoms with E-state index in [0.29, 0.717) is 38.3 Å². The van der Waals surface area contributed by atoms with Gasteiger partial charge in [-0.15, -0.1) is 0 Å². The first-order chi connectivity index (χ1) is 14.4. The van der Waals surface area contributed by atoms with Crippen molar-refractivity contribution in [1.82, 2.24) is 0 Å². The molecule has 0 heterocycles. The van der Waals surface area contributed by atoms with Gasteiger partial charge in [-0.3, -0.25) is 10.1 Å². The molecule has 0 amide bonds. The monoisotopic (exact) mass is 462 g/mol. The smallest absolute Gasteiger partial charge is 0.339 e. The molecule has 0 spiro atoms. The Labute approximate surface area is 187 Å². The van der Waals surface area contributed by atoms with Crippen LogP contribution in [0.15, 0.2) is 70.5 Å². The highest BCUT2D eigenvalue weighted by Gasteiger charge is 2.17. The van der Waals surface area contributed by atoms with E-state index in [-0.39, 0.29) is 5.69 Å². The molecule has 0 aliphatic rings. The third-order valence-corrected chi connectivity index (χ3v) is 5.95. The van der Waals surface area contributed by atoms with E-state index in [4.69, 9.17) is 27.9 Å². The molecule has 30 heavy (non-hydrogen) atoms. The Morgan fingerprint density at radius 3 is 2.57 bits per heavy atom. The molecule has 0 aliphatic heterocycles. The third-order valence-electron chi connectivity index (χ3n) is 4.15. The van der Waals surface area contributed by atoms with Gasteiger partial charge in [-0.05, 0) is 42.0 Å². The van der Waals surface area contributed by atoms with Crippen molar-refractivity contribution in [3.63, 3.8) is 0 Å². The lowest BCUT2D eigenvalue weighted by Gasteiger charge is -2.11. The second kappa shape index (κ2) is 9.84. The lowest BCUT2D eigenvalue weighted by molar-refractivity contribution is -0.387. The highest BCUT2D eigenvalue weighted by Crippen LogP contribution is 2.37. The van der Waals surface area contributed by atoms with Crippen molar-refractivity contribution in [2.45, 2.75) is 16.3 Å². The molecule has 3 rings (SSSR count). The molecule has 154 valence electrons. The van der Waals surface area contributed by atoms with Crippen LogP contribution in [0.3, 0.4) is 0 Å². The van der Waals surface area contributed by atoms with Crippen LogP contribution in [0.25, 0.3) is 0 Å². The van der Waals surface area contributed by atoms with Gasteiger partial charge in [-0.1, -0.05) is 53.2 Å². The summed E-state index contributed by atoms with van der Waals surface area (Å²) in [4.78, 5) is 24.3. The molecule has 0 bridgehead atoms. The highest BCUT2D eigenvalue weighted by atomic mass is 35.5. The van der Waals surface area contributed by atoms with Crippen LogP contribution in [-0.4, -0.2) is 18.0 Å². The summed E-state index contributed by atoms with van der Waals surface area (Å²) in [5.74, 6) is -0.461. The van der Waals surface area contributed by atoms with Gasteiger partial charge in [0, 0.05) is 23.2 Å². The molecule has 3 aromatic carbocycles. The number of carbonyl (C=O) groups is 1. The van der Waals surface area contributed by atoms with Crippen LogP contribution in [0.2, 0.25) is 10.0 Å². The molecule has 0 atom stereocenters. The largest absolute Gasteiger partial charge is 0.465 e. The fourth-order valence-corrected chi connectivity index (χ4v) is 4.00. The number of anilines is 1. The van der Waals surface area contributed by atoms with Crippen LogP contribution in [0.1, 0.15) is 15.9 Å². The number of halogens is 2. The minimum Gasteiger partial charge on any atom is -0.465 e. The molecule has 0 saturated carbocycles. The van der Waals surface area contributed by atoms with Gasteiger partial charge in [0.05, 0.1) is 32.5 Å². The Bertz CT molecular complexity index is 1110. The molecule has 3 aromatic rings. The van der Waals surface area contributed by atoms with Gasteiger partial charge in [-0.2, -0.15) is 0 Å². The first-order valence-corrected chi connectivity index (χ1v) is 10.3. The van der Waals surface area contributed by atoms with Gasteiger partial charge in [0.25, 0.3) is 5.69 Å². The number of benzene rings is 3. The van der Waals surface area contributed by atoms with E-state index < -0.39 is 10.9 Å². The third kappa shape index (κ3) is 5.24. The SMILES string of the molecule is COC(=O)c1ccccc1NCc1ccc(Sc2ccc(Cl)c(Cl)c2)c([N+](=O)[O-])c1. The summed E-state index contributed by atoms with van der Waals surface area (Å²) in [6, 6.07) is 17.0. The fourth-order valence-electron chi connectivity index (χ4n) is 2.69. The van der Waals surface area contributed by atoms with Gasteiger partial charge in [-0.25, -0.2) is 4.79 Å². The molecule has 6 nitrogen and oxygen atoms in total. The molecule has 1 N–H and O–H groups in total. The first-order valence-electron chi connectivity index (χ1n) is 8.70. The number of nitro benzene ring substituents is 1. The lowest BCUT2D eigenvalue weighted by atomic mass is 10.1. The van der Waals surface area contributed by atoms with E-state index in [1.54, 1.807) is 54.6 Å². The number of nitrogens with zero attached hydrogens (tertiary/aromatic N) is 1. The Kier molecular flexibility index (Phi) is 7.20. The Balaban J connectivity index is 1.81. The maximum atomic E-state index is 11.9. The van der Waals surface area contributed by atoms with Crippen molar-refractivity contribution < 1.29 is 14.5 Å². The number of para-hydroxylation sites is 1. The zero-order valence-corrected chi connectivity index (χ0v) is 18.1. The molecule has 0 radical (unpaired) electrons. The fraction of sp³-hybridized carbons (Fsp3) is 0.0952. The Hall–Kier alpha value is -2.74. The maximum Gasteiger partial charge on any atom is 0.339 e. The minimum atomic E-state index is -0.461. The van der Waals surface area contributed by atoms with Crippen molar-refractivity contribution in [1.29, 1.82) is 0 Å². The van der Waals surface area contributed by atoms with Crippen LogP contribution in [0.4, 0.5) is 11.4 Å². The molecule has 0 fully saturated rings. The molecule has 0 aromatic heterocycles. The van der Waals surface area contributed by atoms with Crippen molar-refractivity contribution >= 4 is 52.3 Å². The number of nitro groups is 1. The maximum absolute atomic E-state index is 11.9. The summed E-state index contributed by atoms with van der Waals surface area (Å²) in [6.45, 7) is 0.298. The highest BCUT2D eigenvalue weighted by molar-refractivity contribution is 7.99. The Morgan fingerprint density at radius 2 is 1.87 bits per heavy atom. The second-order valence-electron chi connectivity index (χ2n) is 6.13. The molecule has 0 unspecified atom stereocenters. The van der Waals surface area contributed by atoms with Gasteiger partial charge in [0.15, 0.2) is 0 Å². The van der Waals surface area contributed by atoms with Crippen LogP contribution < -0.4 is 5.32 Å². The summed E-state index contributed by atoms with van der Waals surface area (Å²) in [6.07, 6.45) is 0. The lowest BCUT2D eigenvalue weighted by Crippen LogP contribution is -2.08. The predicted molar refractivity (Wildman–Crippen MR) is 119 cm³/mol. The minimum absolute atomic E-state index is 0.0216. The van der Waals surface area contributed by atoms with Gasteiger partial charge < -0.3 is 10.1 Å². The molecule has 0 aliphatic carbocycles. The number of esters is 1. The summed E-state index contributed by atoms with van der Waals surface area (Å²) in [7, 11) is 1.31. The molecule has 0 saturated heterocycles. The van der Waals surface area contributed by atoms with Gasteiger partial charge >= 0.3 is 5.97 Å². The van der Waals surface area contributed by atoms with E-state index >= 15 is 0 Å².